The van der Waals surface area contributed by atoms with Crippen molar-refractivity contribution in [3.05, 3.63) is 40.0 Å². The molecule has 4 nitrogen and oxygen atoms in total. The van der Waals surface area contributed by atoms with E-state index in [0.29, 0.717) is 5.69 Å². The zero-order valence-electron chi connectivity index (χ0n) is 11.8. The maximum Gasteiger partial charge on any atom is 0.213 e. The smallest absolute Gasteiger partial charge is 0.213 e. The Hall–Kier alpha value is -2.01. The molecule has 1 aromatic carbocycles. The van der Waals surface area contributed by atoms with Gasteiger partial charge in [0.2, 0.25) is 4.96 Å². The van der Waals surface area contributed by atoms with Crippen molar-refractivity contribution >= 4 is 22.6 Å². The van der Waals surface area contributed by atoms with Crippen molar-refractivity contribution in [3.8, 4) is 11.3 Å². The first-order valence-corrected chi connectivity index (χ1v) is 8.01. The van der Waals surface area contributed by atoms with Crippen molar-refractivity contribution in [2.45, 2.75) is 32.6 Å². The first kappa shape index (κ1) is 12.7. The van der Waals surface area contributed by atoms with Gasteiger partial charge < -0.3 is 0 Å². The highest BCUT2D eigenvalue weighted by molar-refractivity contribution is 7.16. The average Bonchev–Trinajstić information content (AvgIpc) is 3.02. The molecule has 0 saturated carbocycles. The number of nitrogens with zero attached hydrogens (tertiary/aromatic N) is 3. The van der Waals surface area contributed by atoms with Crippen LogP contribution in [-0.4, -0.2) is 20.9 Å². The van der Waals surface area contributed by atoms with Crippen LogP contribution in [0.2, 0.25) is 0 Å². The minimum Gasteiger partial charge on any atom is -0.296 e. The molecule has 0 fully saturated rings. The SMILES string of the molecule is Cc1nn2c(C=O)c(-c3ccc4c(c3)CCCC4)nc2s1. The Bertz CT molecular complexity index is 847. The van der Waals surface area contributed by atoms with Gasteiger partial charge in [-0.3, -0.25) is 4.79 Å². The van der Waals surface area contributed by atoms with Gasteiger partial charge in [0, 0.05) is 5.56 Å². The number of aldehydes is 1. The lowest BCUT2D eigenvalue weighted by Gasteiger charge is -2.16. The van der Waals surface area contributed by atoms with Crippen LogP contribution in [0.4, 0.5) is 0 Å². The van der Waals surface area contributed by atoms with Gasteiger partial charge in [0.1, 0.15) is 16.4 Å². The fraction of sp³-hybridized carbons (Fsp3) is 0.312. The third-order valence-corrected chi connectivity index (χ3v) is 4.90. The van der Waals surface area contributed by atoms with Gasteiger partial charge in [0.25, 0.3) is 0 Å². The van der Waals surface area contributed by atoms with E-state index >= 15 is 0 Å². The predicted octanol–water partition coefficient (Wildman–Crippen LogP) is 3.46. The van der Waals surface area contributed by atoms with Gasteiger partial charge in [0.05, 0.1) is 0 Å². The zero-order valence-corrected chi connectivity index (χ0v) is 12.6. The Morgan fingerprint density at radius 2 is 2.05 bits per heavy atom. The van der Waals surface area contributed by atoms with E-state index in [1.807, 2.05) is 6.92 Å². The molecule has 2 heterocycles. The van der Waals surface area contributed by atoms with Crippen molar-refractivity contribution in [3.63, 3.8) is 0 Å². The van der Waals surface area contributed by atoms with Crippen LogP contribution in [0, 0.1) is 6.92 Å². The molecule has 0 N–H and O–H groups in total. The van der Waals surface area contributed by atoms with Crippen LogP contribution in [0.5, 0.6) is 0 Å². The molecule has 0 atom stereocenters. The summed E-state index contributed by atoms with van der Waals surface area (Å²) in [5.41, 5.74) is 5.15. The van der Waals surface area contributed by atoms with Crippen molar-refractivity contribution in [1.82, 2.24) is 14.6 Å². The van der Waals surface area contributed by atoms with Gasteiger partial charge in [-0.25, -0.2) is 4.98 Å². The molecule has 0 spiro atoms. The van der Waals surface area contributed by atoms with Crippen LogP contribution in [0.3, 0.4) is 0 Å². The molecular weight excluding hydrogens is 282 g/mol. The maximum atomic E-state index is 11.5. The molecule has 1 aliphatic rings. The summed E-state index contributed by atoms with van der Waals surface area (Å²) in [7, 11) is 0. The minimum absolute atomic E-state index is 0.546. The fourth-order valence-electron chi connectivity index (χ4n) is 3.06. The molecule has 0 radical (unpaired) electrons. The van der Waals surface area contributed by atoms with Crippen molar-refractivity contribution in [2.75, 3.05) is 0 Å². The summed E-state index contributed by atoms with van der Waals surface area (Å²) < 4.78 is 1.65. The molecule has 21 heavy (non-hydrogen) atoms. The second kappa shape index (κ2) is 4.77. The molecule has 0 bridgehead atoms. The molecule has 0 aliphatic heterocycles. The summed E-state index contributed by atoms with van der Waals surface area (Å²) in [6.07, 6.45) is 5.66. The second-order valence-electron chi connectivity index (χ2n) is 5.47. The summed E-state index contributed by atoms with van der Waals surface area (Å²) in [5.74, 6) is 0. The highest BCUT2D eigenvalue weighted by Crippen LogP contribution is 2.30. The molecule has 2 aromatic heterocycles. The maximum absolute atomic E-state index is 11.5. The van der Waals surface area contributed by atoms with Gasteiger partial charge in [-0.1, -0.05) is 23.5 Å². The zero-order chi connectivity index (χ0) is 14.4. The van der Waals surface area contributed by atoms with Crippen LogP contribution < -0.4 is 0 Å². The molecule has 3 aromatic rings. The lowest BCUT2D eigenvalue weighted by atomic mass is 9.90. The highest BCUT2D eigenvalue weighted by Gasteiger charge is 2.18. The van der Waals surface area contributed by atoms with Crippen LogP contribution in [-0.2, 0) is 12.8 Å². The third-order valence-electron chi connectivity index (χ3n) is 4.07. The number of hydrogen-bond donors (Lipinski definition) is 0. The standard InChI is InChI=1S/C16H15N3OS/c1-10-18-19-14(9-20)15(17-16(19)21-10)13-7-6-11-4-2-3-5-12(11)8-13/h6-9H,2-5H2,1H3. The van der Waals surface area contributed by atoms with Gasteiger partial charge in [0.15, 0.2) is 6.29 Å². The van der Waals surface area contributed by atoms with Crippen LogP contribution in [0.25, 0.3) is 16.2 Å². The minimum atomic E-state index is 0.546. The fourth-order valence-corrected chi connectivity index (χ4v) is 3.81. The number of imidazole rings is 1. The van der Waals surface area contributed by atoms with Crippen LogP contribution >= 0.6 is 11.3 Å². The largest absolute Gasteiger partial charge is 0.296 e. The predicted molar refractivity (Wildman–Crippen MR) is 83.1 cm³/mol. The second-order valence-corrected chi connectivity index (χ2v) is 6.63. The monoisotopic (exact) mass is 297 g/mol. The van der Waals surface area contributed by atoms with Crippen molar-refractivity contribution < 1.29 is 4.79 Å². The summed E-state index contributed by atoms with van der Waals surface area (Å²) in [6, 6.07) is 6.46. The Morgan fingerprint density at radius 1 is 1.24 bits per heavy atom. The average molecular weight is 297 g/mol. The van der Waals surface area contributed by atoms with Crippen LogP contribution in [0.1, 0.15) is 39.5 Å². The number of aryl methyl sites for hydroxylation is 3. The number of aromatic nitrogens is 3. The van der Waals surface area contributed by atoms with E-state index < -0.39 is 0 Å². The Kier molecular flexibility index (Phi) is 2.89. The quantitative estimate of drug-likeness (QED) is 0.681. The third kappa shape index (κ3) is 2.00. The molecule has 0 amide bonds. The summed E-state index contributed by atoms with van der Waals surface area (Å²) in [4.78, 5) is 16.9. The number of benzene rings is 1. The molecule has 4 rings (SSSR count). The van der Waals surface area contributed by atoms with E-state index in [4.69, 9.17) is 0 Å². The number of rotatable bonds is 2. The van der Waals surface area contributed by atoms with Gasteiger partial charge in [-0.15, -0.1) is 0 Å². The molecule has 5 heteroatoms. The molecule has 0 unspecified atom stereocenters. The van der Waals surface area contributed by atoms with Gasteiger partial charge >= 0.3 is 0 Å². The molecule has 0 saturated heterocycles. The van der Waals surface area contributed by atoms with E-state index in [1.165, 1.54) is 35.3 Å². The van der Waals surface area contributed by atoms with E-state index in [9.17, 15) is 4.79 Å². The van der Waals surface area contributed by atoms with E-state index in [0.717, 1.165) is 40.4 Å². The van der Waals surface area contributed by atoms with Gasteiger partial charge in [-0.2, -0.15) is 9.61 Å². The van der Waals surface area contributed by atoms with Crippen molar-refractivity contribution in [1.29, 1.82) is 0 Å². The summed E-state index contributed by atoms with van der Waals surface area (Å²) >= 11 is 1.51. The summed E-state index contributed by atoms with van der Waals surface area (Å²) in [5, 5.41) is 5.27. The normalized spacial score (nSPS) is 14.3. The lowest BCUT2D eigenvalue weighted by Crippen LogP contribution is -2.02. The molecule has 106 valence electrons. The number of carbonyl (C=O) groups excluding carboxylic acids is 1. The first-order valence-electron chi connectivity index (χ1n) is 7.20. The Labute approximate surface area is 126 Å². The van der Waals surface area contributed by atoms with E-state index in [2.05, 4.69) is 28.3 Å². The first-order chi connectivity index (χ1) is 10.3. The molecule has 1 aliphatic carbocycles. The number of carbonyl (C=O) groups is 1. The van der Waals surface area contributed by atoms with Gasteiger partial charge in [-0.05, 0) is 49.8 Å². The number of fused-ring (bicyclic) bond motifs is 2. The molecular formula is C16H15N3OS. The lowest BCUT2D eigenvalue weighted by molar-refractivity contribution is 0.111. The highest BCUT2D eigenvalue weighted by atomic mass is 32.1. The number of hydrogen-bond acceptors (Lipinski definition) is 4. The van der Waals surface area contributed by atoms with E-state index in [-0.39, 0.29) is 0 Å². The Balaban J connectivity index is 1.89. The van der Waals surface area contributed by atoms with Crippen molar-refractivity contribution in [2.24, 2.45) is 0 Å². The van der Waals surface area contributed by atoms with E-state index in [1.54, 1.807) is 4.52 Å². The summed E-state index contributed by atoms with van der Waals surface area (Å²) in [6.45, 7) is 1.92. The Morgan fingerprint density at radius 3 is 2.86 bits per heavy atom. The topological polar surface area (TPSA) is 47.3 Å². The van der Waals surface area contributed by atoms with Crippen LogP contribution in [0.15, 0.2) is 18.2 Å².